The van der Waals surface area contributed by atoms with Gasteiger partial charge in [-0.2, -0.15) is 0 Å². The Balaban J connectivity index is 1.98. The van der Waals surface area contributed by atoms with Crippen LogP contribution < -0.4 is 5.56 Å². The largest absolute Gasteiger partial charge is 0.452 e. The van der Waals surface area contributed by atoms with E-state index in [1.807, 2.05) is 30.3 Å². The Morgan fingerprint density at radius 2 is 1.88 bits per heavy atom. The molecule has 0 spiro atoms. The van der Waals surface area contributed by atoms with Crippen molar-refractivity contribution in [3.8, 4) is 0 Å². The smallest absolute Gasteiger partial charge is 0.344 e. The number of methoxy groups -OCH3 is 1. The van der Waals surface area contributed by atoms with Gasteiger partial charge in [-0.05, 0) is 17.7 Å². The van der Waals surface area contributed by atoms with E-state index in [0.717, 1.165) is 5.56 Å². The Kier molecular flexibility index (Phi) is 6.91. The zero-order chi connectivity index (χ0) is 18.1. The third-order valence-corrected chi connectivity index (χ3v) is 3.50. The Morgan fingerprint density at radius 3 is 2.56 bits per heavy atom. The molecular weight excluding hydrogens is 324 g/mol. The molecule has 7 heteroatoms. The van der Waals surface area contributed by atoms with Gasteiger partial charge in [-0.3, -0.25) is 9.59 Å². The summed E-state index contributed by atoms with van der Waals surface area (Å²) in [5.41, 5.74) is 0.264. The molecule has 0 atom stereocenters. The monoisotopic (exact) mass is 344 g/mol. The van der Waals surface area contributed by atoms with Crippen LogP contribution in [0, 0.1) is 0 Å². The van der Waals surface area contributed by atoms with Gasteiger partial charge >= 0.3 is 5.97 Å². The molecule has 1 heterocycles. The highest BCUT2D eigenvalue weighted by Gasteiger charge is 2.18. The van der Waals surface area contributed by atoms with E-state index in [1.165, 1.54) is 18.3 Å². The van der Waals surface area contributed by atoms with Gasteiger partial charge in [0.2, 0.25) is 0 Å². The van der Waals surface area contributed by atoms with Crippen LogP contribution in [-0.4, -0.2) is 48.6 Å². The molecule has 1 amide bonds. The van der Waals surface area contributed by atoms with Crippen molar-refractivity contribution in [2.75, 3.05) is 26.9 Å². The van der Waals surface area contributed by atoms with E-state index < -0.39 is 18.1 Å². The molecule has 2 rings (SSSR count). The van der Waals surface area contributed by atoms with E-state index in [2.05, 4.69) is 4.98 Å². The summed E-state index contributed by atoms with van der Waals surface area (Å²) >= 11 is 0. The number of amides is 1. The molecule has 0 bridgehead atoms. The lowest BCUT2D eigenvalue weighted by molar-refractivity contribution is -0.135. The third kappa shape index (κ3) is 5.58. The van der Waals surface area contributed by atoms with Crippen molar-refractivity contribution in [1.82, 2.24) is 9.88 Å². The lowest BCUT2D eigenvalue weighted by Gasteiger charge is -2.22. The Bertz CT molecular complexity index is 757. The second-order valence-electron chi connectivity index (χ2n) is 5.28. The van der Waals surface area contributed by atoms with E-state index in [0.29, 0.717) is 19.7 Å². The van der Waals surface area contributed by atoms with Crippen LogP contribution in [0.25, 0.3) is 0 Å². The van der Waals surface area contributed by atoms with Crippen molar-refractivity contribution < 1.29 is 19.1 Å². The van der Waals surface area contributed by atoms with Gasteiger partial charge in [0.1, 0.15) is 5.56 Å². The van der Waals surface area contributed by atoms with Crippen molar-refractivity contribution in [1.29, 1.82) is 0 Å². The zero-order valence-electron chi connectivity index (χ0n) is 13.9. The minimum Gasteiger partial charge on any atom is -0.452 e. The van der Waals surface area contributed by atoms with Gasteiger partial charge < -0.3 is 19.4 Å². The lowest BCUT2D eigenvalue weighted by Crippen LogP contribution is -2.37. The summed E-state index contributed by atoms with van der Waals surface area (Å²) in [6.45, 7) is 0.675. The predicted octanol–water partition coefficient (Wildman–Crippen LogP) is 1.21. The molecule has 7 nitrogen and oxygen atoms in total. The van der Waals surface area contributed by atoms with E-state index in [9.17, 15) is 14.4 Å². The average Bonchev–Trinajstić information content (AvgIpc) is 2.64. The fourth-order valence-corrected chi connectivity index (χ4v) is 2.18. The fourth-order valence-electron chi connectivity index (χ4n) is 2.18. The number of ether oxygens (including phenoxy) is 2. The molecule has 2 aromatic rings. The number of hydrogen-bond acceptors (Lipinski definition) is 5. The first-order valence-corrected chi connectivity index (χ1v) is 7.77. The average molecular weight is 344 g/mol. The van der Waals surface area contributed by atoms with Crippen molar-refractivity contribution in [2.24, 2.45) is 0 Å². The first-order valence-electron chi connectivity index (χ1n) is 7.77. The maximum atomic E-state index is 12.4. The van der Waals surface area contributed by atoms with Crippen molar-refractivity contribution in [2.45, 2.75) is 6.54 Å². The van der Waals surface area contributed by atoms with Crippen molar-refractivity contribution in [3.63, 3.8) is 0 Å². The number of carbonyl (C=O) groups excluding carboxylic acids is 2. The van der Waals surface area contributed by atoms with Crippen LogP contribution in [0.15, 0.2) is 53.5 Å². The maximum absolute atomic E-state index is 12.4. The maximum Gasteiger partial charge on any atom is 0.344 e. The van der Waals surface area contributed by atoms with Crippen LogP contribution in [0.1, 0.15) is 15.9 Å². The number of aromatic nitrogens is 1. The molecule has 1 aromatic carbocycles. The molecule has 0 saturated heterocycles. The van der Waals surface area contributed by atoms with Gasteiger partial charge in [0, 0.05) is 26.4 Å². The van der Waals surface area contributed by atoms with Gasteiger partial charge in [0.25, 0.3) is 11.5 Å². The number of esters is 1. The summed E-state index contributed by atoms with van der Waals surface area (Å²) in [5.74, 6) is -1.19. The van der Waals surface area contributed by atoms with Crippen LogP contribution in [0.2, 0.25) is 0 Å². The lowest BCUT2D eigenvalue weighted by atomic mass is 10.2. The molecule has 0 saturated carbocycles. The van der Waals surface area contributed by atoms with Crippen LogP contribution in [0.3, 0.4) is 0 Å². The summed E-state index contributed by atoms with van der Waals surface area (Å²) in [5, 5.41) is 0. The number of aromatic amines is 1. The summed E-state index contributed by atoms with van der Waals surface area (Å²) in [6, 6.07) is 12.3. The highest BCUT2D eigenvalue weighted by molar-refractivity contribution is 5.90. The standard InChI is InChI=1S/C18H20N2O5/c1-24-11-10-20(12-14-6-3-2-4-7-14)16(21)13-25-18(23)15-8-5-9-19-17(15)22/h2-9H,10-13H2,1H3,(H,19,22). The van der Waals surface area contributed by atoms with Crippen molar-refractivity contribution in [3.05, 3.63) is 70.1 Å². The SMILES string of the molecule is COCCN(Cc1ccccc1)C(=O)COC(=O)c1ccc[nH]c1=O. The summed E-state index contributed by atoms with van der Waals surface area (Å²) in [6.07, 6.45) is 1.41. The minimum absolute atomic E-state index is 0.137. The normalized spacial score (nSPS) is 10.3. The van der Waals surface area contributed by atoms with Gasteiger partial charge in [0.05, 0.1) is 6.61 Å². The predicted molar refractivity (Wildman–Crippen MR) is 91.1 cm³/mol. The Hall–Kier alpha value is -2.93. The van der Waals surface area contributed by atoms with E-state index in [-0.39, 0.29) is 11.5 Å². The summed E-state index contributed by atoms with van der Waals surface area (Å²) in [7, 11) is 1.55. The number of pyridine rings is 1. The highest BCUT2D eigenvalue weighted by Crippen LogP contribution is 2.05. The number of carbonyl (C=O) groups is 2. The molecule has 0 aliphatic heterocycles. The number of benzene rings is 1. The molecule has 0 radical (unpaired) electrons. The first-order chi connectivity index (χ1) is 12.1. The minimum atomic E-state index is -0.832. The summed E-state index contributed by atoms with van der Waals surface area (Å²) < 4.78 is 10.0. The van der Waals surface area contributed by atoms with Crippen molar-refractivity contribution >= 4 is 11.9 Å². The molecule has 0 aliphatic carbocycles. The summed E-state index contributed by atoms with van der Waals surface area (Å²) in [4.78, 5) is 39.8. The molecule has 0 fully saturated rings. The Labute approximate surface area is 145 Å². The molecule has 132 valence electrons. The van der Waals surface area contributed by atoms with Crippen LogP contribution in [0.5, 0.6) is 0 Å². The van der Waals surface area contributed by atoms with Gasteiger partial charge in [0.15, 0.2) is 6.61 Å². The van der Waals surface area contributed by atoms with E-state index in [4.69, 9.17) is 9.47 Å². The molecule has 0 aliphatic rings. The quantitative estimate of drug-likeness (QED) is 0.727. The molecule has 1 N–H and O–H groups in total. The zero-order valence-corrected chi connectivity index (χ0v) is 13.9. The highest BCUT2D eigenvalue weighted by atomic mass is 16.5. The van der Waals surface area contributed by atoms with E-state index in [1.54, 1.807) is 12.0 Å². The molecular formula is C18H20N2O5. The molecule has 25 heavy (non-hydrogen) atoms. The number of nitrogens with one attached hydrogen (secondary N) is 1. The molecule has 0 unspecified atom stereocenters. The number of hydrogen-bond donors (Lipinski definition) is 1. The van der Waals surface area contributed by atoms with Crippen LogP contribution in [-0.2, 0) is 20.8 Å². The third-order valence-electron chi connectivity index (χ3n) is 3.50. The van der Waals surface area contributed by atoms with Crippen LogP contribution >= 0.6 is 0 Å². The fraction of sp³-hybridized carbons (Fsp3) is 0.278. The second-order valence-corrected chi connectivity index (χ2v) is 5.28. The molecule has 1 aromatic heterocycles. The Morgan fingerprint density at radius 1 is 1.12 bits per heavy atom. The number of H-pyrrole nitrogens is 1. The number of rotatable bonds is 8. The topological polar surface area (TPSA) is 88.7 Å². The van der Waals surface area contributed by atoms with Gasteiger partial charge in [-0.25, -0.2) is 4.79 Å². The van der Waals surface area contributed by atoms with Crippen LogP contribution in [0.4, 0.5) is 0 Å². The number of nitrogens with zero attached hydrogens (tertiary/aromatic N) is 1. The van der Waals surface area contributed by atoms with E-state index >= 15 is 0 Å². The van der Waals surface area contributed by atoms with Gasteiger partial charge in [-0.15, -0.1) is 0 Å². The second kappa shape index (κ2) is 9.39. The first kappa shape index (κ1) is 18.4. The van der Waals surface area contributed by atoms with Gasteiger partial charge in [-0.1, -0.05) is 30.3 Å².